The van der Waals surface area contributed by atoms with Gasteiger partial charge in [0.05, 0.1) is 5.56 Å². The van der Waals surface area contributed by atoms with Crippen molar-refractivity contribution >= 4 is 17.3 Å². The average Bonchev–Trinajstić information content (AvgIpc) is 2.56. The first-order valence-electron chi connectivity index (χ1n) is 8.10. The van der Waals surface area contributed by atoms with Crippen LogP contribution in [0.25, 0.3) is 0 Å². The molecule has 3 nitrogen and oxygen atoms in total. The standard InChI is InChI=1S/C19H21F3N2O/c1-3-14-7-4-6-13(2)18(14)24-17(25)10-11-23-16-9-5-8-15(12-16)19(20,21)22/h4-9,12,23H,3,10-11H2,1-2H3,(H,24,25). The van der Waals surface area contributed by atoms with Gasteiger partial charge in [-0.05, 0) is 42.7 Å². The summed E-state index contributed by atoms with van der Waals surface area (Å²) in [7, 11) is 0. The zero-order valence-corrected chi connectivity index (χ0v) is 14.2. The Morgan fingerprint density at radius 1 is 1.12 bits per heavy atom. The molecular formula is C19H21F3N2O. The fraction of sp³-hybridized carbons (Fsp3) is 0.316. The van der Waals surface area contributed by atoms with Gasteiger partial charge in [-0.25, -0.2) is 0 Å². The molecule has 0 saturated heterocycles. The average molecular weight is 350 g/mol. The SMILES string of the molecule is CCc1cccc(C)c1NC(=O)CCNc1cccc(C(F)(F)F)c1. The molecule has 25 heavy (non-hydrogen) atoms. The lowest BCUT2D eigenvalue weighted by atomic mass is 10.1. The van der Waals surface area contributed by atoms with Crippen LogP contribution in [0.1, 0.15) is 30.0 Å². The Morgan fingerprint density at radius 2 is 1.84 bits per heavy atom. The van der Waals surface area contributed by atoms with Crippen LogP contribution in [0.5, 0.6) is 0 Å². The maximum absolute atomic E-state index is 12.7. The quantitative estimate of drug-likeness (QED) is 0.768. The van der Waals surface area contributed by atoms with E-state index >= 15 is 0 Å². The van der Waals surface area contributed by atoms with Crippen molar-refractivity contribution in [2.24, 2.45) is 0 Å². The first kappa shape index (κ1) is 18.8. The zero-order chi connectivity index (χ0) is 18.4. The summed E-state index contributed by atoms with van der Waals surface area (Å²) in [6, 6.07) is 10.8. The summed E-state index contributed by atoms with van der Waals surface area (Å²) in [4.78, 5) is 12.1. The van der Waals surface area contributed by atoms with Crippen molar-refractivity contribution in [1.82, 2.24) is 0 Å². The van der Waals surface area contributed by atoms with Gasteiger partial charge in [0.1, 0.15) is 0 Å². The molecule has 2 rings (SSSR count). The van der Waals surface area contributed by atoms with Gasteiger partial charge in [0.15, 0.2) is 0 Å². The minimum Gasteiger partial charge on any atom is -0.385 e. The highest BCUT2D eigenvalue weighted by atomic mass is 19.4. The lowest BCUT2D eigenvalue weighted by Crippen LogP contribution is -2.18. The first-order chi connectivity index (χ1) is 11.8. The summed E-state index contributed by atoms with van der Waals surface area (Å²) in [5.41, 5.74) is 2.48. The highest BCUT2D eigenvalue weighted by Crippen LogP contribution is 2.30. The third-order valence-corrected chi connectivity index (χ3v) is 3.88. The molecule has 134 valence electrons. The van der Waals surface area contributed by atoms with Crippen LogP contribution in [0.4, 0.5) is 24.5 Å². The highest BCUT2D eigenvalue weighted by molar-refractivity contribution is 5.92. The van der Waals surface area contributed by atoms with E-state index in [2.05, 4.69) is 10.6 Å². The fourth-order valence-corrected chi connectivity index (χ4v) is 2.53. The number of anilines is 2. The number of alkyl halides is 3. The van der Waals surface area contributed by atoms with Crippen LogP contribution in [0.2, 0.25) is 0 Å². The minimum absolute atomic E-state index is 0.160. The number of amides is 1. The number of rotatable bonds is 6. The molecule has 0 aliphatic rings. The molecule has 0 atom stereocenters. The lowest BCUT2D eigenvalue weighted by molar-refractivity contribution is -0.137. The van der Waals surface area contributed by atoms with Crippen molar-refractivity contribution in [3.05, 3.63) is 59.2 Å². The summed E-state index contributed by atoms with van der Waals surface area (Å²) in [6.07, 6.45) is -3.41. The van der Waals surface area contributed by atoms with E-state index in [1.807, 2.05) is 32.0 Å². The zero-order valence-electron chi connectivity index (χ0n) is 14.2. The number of carbonyl (C=O) groups excluding carboxylic acids is 1. The maximum atomic E-state index is 12.7. The van der Waals surface area contributed by atoms with Crippen LogP contribution in [0, 0.1) is 6.92 Å². The molecule has 0 unspecified atom stereocenters. The largest absolute Gasteiger partial charge is 0.416 e. The fourth-order valence-electron chi connectivity index (χ4n) is 2.53. The molecule has 0 spiro atoms. The molecule has 2 N–H and O–H groups in total. The Morgan fingerprint density at radius 3 is 2.52 bits per heavy atom. The van der Waals surface area contributed by atoms with E-state index in [0.29, 0.717) is 5.69 Å². The van der Waals surface area contributed by atoms with E-state index in [-0.39, 0.29) is 18.9 Å². The summed E-state index contributed by atoms with van der Waals surface area (Å²) >= 11 is 0. The van der Waals surface area contributed by atoms with Crippen LogP contribution in [-0.2, 0) is 17.4 Å². The van der Waals surface area contributed by atoms with E-state index in [1.54, 1.807) is 6.07 Å². The maximum Gasteiger partial charge on any atom is 0.416 e. The van der Waals surface area contributed by atoms with Gasteiger partial charge in [-0.1, -0.05) is 31.2 Å². The van der Waals surface area contributed by atoms with Gasteiger partial charge < -0.3 is 10.6 Å². The summed E-state index contributed by atoms with van der Waals surface area (Å²) in [5.74, 6) is -0.177. The van der Waals surface area contributed by atoms with Crippen molar-refractivity contribution in [3.63, 3.8) is 0 Å². The Hall–Kier alpha value is -2.50. The van der Waals surface area contributed by atoms with Crippen molar-refractivity contribution in [2.75, 3.05) is 17.2 Å². The predicted octanol–water partition coefficient (Wildman–Crippen LogP) is 5.02. The van der Waals surface area contributed by atoms with Crippen LogP contribution >= 0.6 is 0 Å². The summed E-state index contributed by atoms with van der Waals surface area (Å²) < 4.78 is 38.0. The van der Waals surface area contributed by atoms with Crippen molar-refractivity contribution in [2.45, 2.75) is 32.9 Å². The highest BCUT2D eigenvalue weighted by Gasteiger charge is 2.30. The van der Waals surface area contributed by atoms with Gasteiger partial charge in [0, 0.05) is 24.3 Å². The smallest absolute Gasteiger partial charge is 0.385 e. The van der Waals surface area contributed by atoms with Gasteiger partial charge in [0.2, 0.25) is 5.91 Å². The van der Waals surface area contributed by atoms with Crippen LogP contribution in [0.3, 0.4) is 0 Å². The molecule has 0 aliphatic carbocycles. The van der Waals surface area contributed by atoms with E-state index in [4.69, 9.17) is 0 Å². The lowest BCUT2D eigenvalue weighted by Gasteiger charge is -2.14. The van der Waals surface area contributed by atoms with Crippen molar-refractivity contribution in [1.29, 1.82) is 0 Å². The van der Waals surface area contributed by atoms with Gasteiger partial charge in [-0.3, -0.25) is 4.79 Å². The Balaban J connectivity index is 1.92. The Bertz CT molecular complexity index is 742. The second-order valence-electron chi connectivity index (χ2n) is 5.77. The summed E-state index contributed by atoms with van der Waals surface area (Å²) in [6.45, 7) is 4.19. The van der Waals surface area contributed by atoms with E-state index in [1.165, 1.54) is 6.07 Å². The number of nitrogens with one attached hydrogen (secondary N) is 2. The molecule has 0 saturated carbocycles. The normalized spacial score (nSPS) is 11.2. The van der Waals surface area contributed by atoms with Crippen molar-refractivity contribution in [3.8, 4) is 0 Å². The third kappa shape index (κ3) is 5.24. The van der Waals surface area contributed by atoms with E-state index < -0.39 is 11.7 Å². The number of benzene rings is 2. The van der Waals surface area contributed by atoms with Gasteiger partial charge in [0.25, 0.3) is 0 Å². The number of carbonyl (C=O) groups is 1. The topological polar surface area (TPSA) is 41.1 Å². The molecule has 0 radical (unpaired) electrons. The van der Waals surface area contributed by atoms with Crippen LogP contribution < -0.4 is 10.6 Å². The molecule has 2 aromatic rings. The molecule has 0 aromatic heterocycles. The van der Waals surface area contributed by atoms with Crippen molar-refractivity contribution < 1.29 is 18.0 Å². The molecular weight excluding hydrogens is 329 g/mol. The molecule has 6 heteroatoms. The summed E-state index contributed by atoms with van der Waals surface area (Å²) in [5, 5.41) is 5.75. The first-order valence-corrected chi connectivity index (χ1v) is 8.10. The molecule has 1 amide bonds. The molecule has 2 aromatic carbocycles. The van der Waals surface area contributed by atoms with Gasteiger partial charge in [-0.15, -0.1) is 0 Å². The number of hydrogen-bond donors (Lipinski definition) is 2. The second-order valence-corrected chi connectivity index (χ2v) is 5.77. The monoisotopic (exact) mass is 350 g/mol. The van der Waals surface area contributed by atoms with E-state index in [0.717, 1.165) is 35.4 Å². The number of para-hydroxylation sites is 1. The van der Waals surface area contributed by atoms with Gasteiger partial charge >= 0.3 is 6.18 Å². The van der Waals surface area contributed by atoms with Crippen LogP contribution in [0.15, 0.2) is 42.5 Å². The molecule has 0 heterocycles. The van der Waals surface area contributed by atoms with Crippen LogP contribution in [-0.4, -0.2) is 12.5 Å². The number of hydrogen-bond acceptors (Lipinski definition) is 2. The van der Waals surface area contributed by atoms with E-state index in [9.17, 15) is 18.0 Å². The number of halogens is 3. The number of aryl methyl sites for hydroxylation is 2. The second kappa shape index (κ2) is 8.05. The molecule has 0 fully saturated rings. The Kier molecular flexibility index (Phi) is 6.07. The van der Waals surface area contributed by atoms with Gasteiger partial charge in [-0.2, -0.15) is 13.2 Å². The Labute approximate surface area is 145 Å². The molecule has 0 bridgehead atoms. The third-order valence-electron chi connectivity index (χ3n) is 3.88. The minimum atomic E-state index is -4.38. The predicted molar refractivity (Wildman–Crippen MR) is 93.7 cm³/mol. The molecule has 0 aliphatic heterocycles.